The Bertz CT molecular complexity index is 563. The van der Waals surface area contributed by atoms with Crippen molar-refractivity contribution in [1.82, 2.24) is 4.98 Å². The van der Waals surface area contributed by atoms with Crippen molar-refractivity contribution in [2.24, 2.45) is 5.73 Å². The largest absolute Gasteiger partial charge is 0.479 e. The van der Waals surface area contributed by atoms with Crippen molar-refractivity contribution in [3.63, 3.8) is 0 Å². The van der Waals surface area contributed by atoms with E-state index < -0.39 is 17.7 Å². The molecule has 0 aliphatic rings. The third-order valence-electron chi connectivity index (χ3n) is 3.01. The smallest absolute Gasteiger partial charge is 0.200 e. The predicted octanol–water partition coefficient (Wildman–Crippen LogP) is 3.22. The summed E-state index contributed by atoms with van der Waals surface area (Å²) in [5.74, 6) is -2.13. The Hall–Kier alpha value is -2.01. The highest BCUT2D eigenvalue weighted by Gasteiger charge is 2.23. The summed E-state index contributed by atoms with van der Waals surface area (Å²) in [7, 11) is 0. The second kappa shape index (κ2) is 6.43. The van der Waals surface area contributed by atoms with Crippen LogP contribution in [0.2, 0.25) is 0 Å². The highest BCUT2D eigenvalue weighted by molar-refractivity contribution is 5.26. The highest BCUT2D eigenvalue weighted by atomic mass is 19.2. The number of hydrogen-bond acceptors (Lipinski definition) is 3. The summed E-state index contributed by atoms with van der Waals surface area (Å²) in [4.78, 5) is 4.18. The second-order valence-corrected chi connectivity index (χ2v) is 4.42. The van der Waals surface area contributed by atoms with Crippen LogP contribution in [0.25, 0.3) is 0 Å². The molecule has 2 rings (SSSR count). The number of pyridine rings is 1. The molecule has 3 nitrogen and oxygen atoms in total. The van der Waals surface area contributed by atoms with E-state index in [2.05, 4.69) is 4.98 Å². The molecule has 0 saturated heterocycles. The summed E-state index contributed by atoms with van der Waals surface area (Å²) in [6, 6.07) is 8.74. The van der Waals surface area contributed by atoms with Crippen molar-refractivity contribution in [2.75, 3.05) is 0 Å². The molecule has 1 heterocycles. The van der Waals surface area contributed by atoms with E-state index in [1.807, 2.05) is 6.92 Å². The molecule has 0 aliphatic carbocycles. The molecule has 0 radical (unpaired) electrons. The van der Waals surface area contributed by atoms with Crippen LogP contribution < -0.4 is 10.5 Å². The van der Waals surface area contributed by atoms with Gasteiger partial charge in [-0.3, -0.25) is 4.98 Å². The lowest BCUT2D eigenvalue weighted by molar-refractivity contribution is 0.157. The summed E-state index contributed by atoms with van der Waals surface area (Å²) >= 11 is 0. The van der Waals surface area contributed by atoms with Gasteiger partial charge in [0, 0.05) is 12.2 Å². The van der Waals surface area contributed by atoms with Gasteiger partial charge in [0.1, 0.15) is 0 Å². The van der Waals surface area contributed by atoms with Gasteiger partial charge < -0.3 is 10.5 Å². The molecule has 0 saturated carbocycles. The maximum Gasteiger partial charge on any atom is 0.200 e. The van der Waals surface area contributed by atoms with Gasteiger partial charge in [-0.15, -0.1) is 0 Å². The van der Waals surface area contributed by atoms with E-state index in [1.54, 1.807) is 24.4 Å². The van der Waals surface area contributed by atoms with Gasteiger partial charge in [0.05, 0.1) is 5.69 Å². The summed E-state index contributed by atoms with van der Waals surface area (Å²) in [6.45, 7) is 1.89. The van der Waals surface area contributed by atoms with Crippen molar-refractivity contribution < 1.29 is 13.5 Å². The zero-order chi connectivity index (χ0) is 14.5. The first kappa shape index (κ1) is 14.4. The molecule has 1 aromatic carbocycles. The number of ether oxygens (including phenoxy) is 1. The summed E-state index contributed by atoms with van der Waals surface area (Å²) in [6.07, 6.45) is 1.60. The fourth-order valence-corrected chi connectivity index (χ4v) is 1.84. The molecule has 5 heteroatoms. The molecule has 2 atom stereocenters. The van der Waals surface area contributed by atoms with Gasteiger partial charge in [-0.2, -0.15) is 4.39 Å². The van der Waals surface area contributed by atoms with Gasteiger partial charge in [0.15, 0.2) is 17.7 Å². The van der Waals surface area contributed by atoms with Crippen molar-refractivity contribution in [3.8, 4) is 5.75 Å². The van der Waals surface area contributed by atoms with Crippen molar-refractivity contribution >= 4 is 0 Å². The van der Waals surface area contributed by atoms with Crippen LogP contribution in [-0.2, 0) is 0 Å². The monoisotopic (exact) mass is 278 g/mol. The van der Waals surface area contributed by atoms with Gasteiger partial charge in [-0.25, -0.2) is 4.39 Å². The maximum atomic E-state index is 13.7. The van der Waals surface area contributed by atoms with Crippen molar-refractivity contribution in [2.45, 2.75) is 25.5 Å². The molecule has 106 valence electrons. The van der Waals surface area contributed by atoms with Crippen LogP contribution in [0.15, 0.2) is 42.6 Å². The number of nitrogens with zero attached hydrogens (tertiary/aromatic N) is 1. The quantitative estimate of drug-likeness (QED) is 0.913. The molecular weight excluding hydrogens is 262 g/mol. The number of halogens is 2. The molecule has 20 heavy (non-hydrogen) atoms. The minimum Gasteiger partial charge on any atom is -0.479 e. The molecule has 2 unspecified atom stereocenters. The Morgan fingerprint density at radius 1 is 1.20 bits per heavy atom. The summed E-state index contributed by atoms with van der Waals surface area (Å²) in [5.41, 5.74) is 6.59. The Balaban J connectivity index is 2.31. The Morgan fingerprint density at radius 3 is 2.65 bits per heavy atom. The Morgan fingerprint density at radius 2 is 2.00 bits per heavy atom. The highest BCUT2D eigenvalue weighted by Crippen LogP contribution is 2.27. The Kier molecular flexibility index (Phi) is 4.63. The van der Waals surface area contributed by atoms with Crippen LogP contribution >= 0.6 is 0 Å². The van der Waals surface area contributed by atoms with E-state index in [1.165, 1.54) is 12.1 Å². The van der Waals surface area contributed by atoms with Crippen LogP contribution in [-0.4, -0.2) is 11.0 Å². The SMILES string of the molecule is CCC(N)C(Oc1cccc(F)c1F)c1ccccn1. The third-order valence-corrected chi connectivity index (χ3v) is 3.01. The van der Waals surface area contributed by atoms with E-state index in [0.717, 1.165) is 6.07 Å². The van der Waals surface area contributed by atoms with Gasteiger partial charge >= 0.3 is 0 Å². The van der Waals surface area contributed by atoms with Crippen LogP contribution in [0.5, 0.6) is 5.75 Å². The first-order valence-electron chi connectivity index (χ1n) is 6.40. The predicted molar refractivity (Wildman–Crippen MR) is 72.2 cm³/mol. The van der Waals surface area contributed by atoms with Gasteiger partial charge in [0.25, 0.3) is 0 Å². The fraction of sp³-hybridized carbons (Fsp3) is 0.267. The lowest BCUT2D eigenvalue weighted by Crippen LogP contribution is -2.32. The van der Waals surface area contributed by atoms with Crippen molar-refractivity contribution in [3.05, 3.63) is 59.9 Å². The van der Waals surface area contributed by atoms with Gasteiger partial charge in [0.2, 0.25) is 5.82 Å². The Labute approximate surface area is 116 Å². The second-order valence-electron chi connectivity index (χ2n) is 4.42. The van der Waals surface area contributed by atoms with Crippen LogP contribution in [0, 0.1) is 11.6 Å². The van der Waals surface area contributed by atoms with E-state index >= 15 is 0 Å². The minimum atomic E-state index is -1.02. The van der Waals surface area contributed by atoms with Crippen LogP contribution in [0.4, 0.5) is 8.78 Å². The summed E-state index contributed by atoms with van der Waals surface area (Å²) in [5, 5.41) is 0. The first-order chi connectivity index (χ1) is 9.63. The van der Waals surface area contributed by atoms with Crippen LogP contribution in [0.1, 0.15) is 25.1 Å². The number of hydrogen-bond donors (Lipinski definition) is 1. The number of benzene rings is 1. The molecule has 1 aromatic heterocycles. The van der Waals surface area contributed by atoms with Crippen molar-refractivity contribution in [1.29, 1.82) is 0 Å². The average molecular weight is 278 g/mol. The molecule has 0 amide bonds. The maximum absolute atomic E-state index is 13.7. The third kappa shape index (κ3) is 3.11. The van der Waals surface area contributed by atoms with Gasteiger partial charge in [-0.05, 0) is 30.7 Å². The average Bonchev–Trinajstić information content (AvgIpc) is 2.49. The zero-order valence-electron chi connectivity index (χ0n) is 11.1. The molecular formula is C15H16F2N2O. The zero-order valence-corrected chi connectivity index (χ0v) is 11.1. The number of nitrogens with two attached hydrogens (primary N) is 1. The lowest BCUT2D eigenvalue weighted by atomic mass is 10.1. The normalized spacial score (nSPS) is 13.8. The van der Waals surface area contributed by atoms with Crippen LogP contribution in [0.3, 0.4) is 0 Å². The topological polar surface area (TPSA) is 48.1 Å². The lowest BCUT2D eigenvalue weighted by Gasteiger charge is -2.24. The van der Waals surface area contributed by atoms with E-state index in [0.29, 0.717) is 12.1 Å². The molecule has 0 bridgehead atoms. The molecule has 0 fully saturated rings. The fourth-order valence-electron chi connectivity index (χ4n) is 1.84. The van der Waals surface area contributed by atoms with E-state index in [4.69, 9.17) is 10.5 Å². The first-order valence-corrected chi connectivity index (χ1v) is 6.40. The minimum absolute atomic E-state index is 0.162. The molecule has 0 aliphatic heterocycles. The molecule has 0 spiro atoms. The van der Waals surface area contributed by atoms with Gasteiger partial charge in [-0.1, -0.05) is 19.1 Å². The standard InChI is InChI=1S/C15H16F2N2O/c1-2-11(18)15(12-7-3-4-9-19-12)20-13-8-5-6-10(16)14(13)17/h3-9,11,15H,2,18H2,1H3. The summed E-state index contributed by atoms with van der Waals surface area (Å²) < 4.78 is 32.5. The van der Waals surface area contributed by atoms with E-state index in [-0.39, 0.29) is 11.8 Å². The molecule has 2 aromatic rings. The van der Waals surface area contributed by atoms with E-state index in [9.17, 15) is 8.78 Å². The molecule has 2 N–H and O–H groups in total. The number of rotatable bonds is 5. The number of aromatic nitrogens is 1.